The van der Waals surface area contributed by atoms with Gasteiger partial charge < -0.3 is 20.1 Å². The fourth-order valence-corrected chi connectivity index (χ4v) is 4.01. The van der Waals surface area contributed by atoms with Gasteiger partial charge in [-0.3, -0.25) is 14.4 Å². The van der Waals surface area contributed by atoms with Crippen molar-refractivity contribution in [3.63, 3.8) is 0 Å². The van der Waals surface area contributed by atoms with E-state index in [1.54, 1.807) is 6.07 Å². The number of nitrogens with zero attached hydrogens (tertiary/aromatic N) is 1. The third kappa shape index (κ3) is 8.57. The van der Waals surface area contributed by atoms with E-state index in [0.29, 0.717) is 17.2 Å². The van der Waals surface area contributed by atoms with Crippen molar-refractivity contribution < 1.29 is 23.9 Å². The molecule has 0 aromatic heterocycles. The Hall–Kier alpha value is -4.37. The van der Waals surface area contributed by atoms with Crippen molar-refractivity contribution in [3.8, 4) is 11.5 Å². The van der Waals surface area contributed by atoms with Crippen LogP contribution < -0.4 is 25.5 Å². The number of anilines is 1. The van der Waals surface area contributed by atoms with Crippen LogP contribution in [-0.2, 0) is 20.9 Å². The molecule has 0 aliphatic carbocycles. The number of carbonyl (C=O) groups excluding carboxylic acids is 3. The maximum atomic E-state index is 12.4. The number of hydrogen-bond donors (Lipinski definition) is 3. The number of halogens is 1. The van der Waals surface area contributed by atoms with Crippen LogP contribution in [0.3, 0.4) is 0 Å². The highest BCUT2D eigenvalue weighted by molar-refractivity contribution is 6.35. The van der Waals surface area contributed by atoms with Gasteiger partial charge in [0.15, 0.2) is 18.1 Å². The normalized spacial score (nSPS) is 10.9. The number of aryl methyl sites for hydroxylation is 2. The average molecular weight is 565 g/mol. The summed E-state index contributed by atoms with van der Waals surface area (Å²) in [6.07, 6.45) is 1.31. The van der Waals surface area contributed by atoms with E-state index in [4.69, 9.17) is 21.1 Å². The van der Waals surface area contributed by atoms with Gasteiger partial charge in [-0.05, 0) is 60.2 Å². The molecule has 0 atom stereocenters. The minimum atomic E-state index is -0.914. The molecule has 3 aromatic carbocycles. The van der Waals surface area contributed by atoms with Crippen LogP contribution >= 0.6 is 11.6 Å². The fraction of sp³-hybridized carbons (Fsp3) is 0.267. The highest BCUT2D eigenvalue weighted by atomic mass is 35.5. The molecule has 0 saturated heterocycles. The first kappa shape index (κ1) is 30.2. The molecule has 3 N–H and O–H groups in total. The third-order valence-corrected chi connectivity index (χ3v) is 6.22. The van der Waals surface area contributed by atoms with E-state index in [1.807, 2.05) is 56.3 Å². The highest BCUT2D eigenvalue weighted by Gasteiger charge is 2.15. The van der Waals surface area contributed by atoms with E-state index < -0.39 is 11.8 Å². The SMILES string of the molecule is COc1cc(/C=N\NC(=O)C(=O)NCc2ccc(C(C)C)cc2)cc(Cl)c1OCC(=O)Nc1ccc(C)cc1C. The van der Waals surface area contributed by atoms with Crippen molar-refractivity contribution in [2.45, 2.75) is 40.2 Å². The highest BCUT2D eigenvalue weighted by Crippen LogP contribution is 2.36. The van der Waals surface area contributed by atoms with Gasteiger partial charge in [0.2, 0.25) is 0 Å². The molecule has 0 saturated carbocycles. The molecule has 3 rings (SSSR count). The predicted molar refractivity (Wildman–Crippen MR) is 156 cm³/mol. The molecule has 3 amide bonds. The van der Waals surface area contributed by atoms with Crippen LogP contribution in [0.4, 0.5) is 5.69 Å². The summed E-state index contributed by atoms with van der Waals surface area (Å²) < 4.78 is 11.0. The van der Waals surface area contributed by atoms with E-state index in [9.17, 15) is 14.4 Å². The summed E-state index contributed by atoms with van der Waals surface area (Å²) >= 11 is 6.37. The molecule has 0 radical (unpaired) electrons. The van der Waals surface area contributed by atoms with Crippen LogP contribution in [0.25, 0.3) is 0 Å². The Morgan fingerprint density at radius 2 is 1.73 bits per heavy atom. The van der Waals surface area contributed by atoms with Crippen LogP contribution in [-0.4, -0.2) is 37.7 Å². The largest absolute Gasteiger partial charge is 0.493 e. The molecule has 0 aliphatic heterocycles. The molecule has 0 unspecified atom stereocenters. The molecule has 0 heterocycles. The molecule has 0 aliphatic rings. The number of methoxy groups -OCH3 is 1. The molecule has 3 aromatic rings. The summed E-state index contributed by atoms with van der Waals surface area (Å²) in [5.41, 5.74) is 7.45. The van der Waals surface area contributed by atoms with Crippen LogP contribution in [0.15, 0.2) is 59.7 Å². The topological polar surface area (TPSA) is 118 Å². The summed E-state index contributed by atoms with van der Waals surface area (Å²) in [5.74, 6) is -1.23. The second-order valence-corrected chi connectivity index (χ2v) is 9.87. The Kier molecular flexibility index (Phi) is 10.7. The summed E-state index contributed by atoms with van der Waals surface area (Å²) in [6.45, 7) is 8.01. The van der Waals surface area contributed by atoms with Gasteiger partial charge in [-0.15, -0.1) is 0 Å². The number of ether oxygens (including phenoxy) is 2. The monoisotopic (exact) mass is 564 g/mol. The zero-order chi connectivity index (χ0) is 29.2. The first-order chi connectivity index (χ1) is 19.1. The smallest absolute Gasteiger partial charge is 0.329 e. The minimum absolute atomic E-state index is 0.174. The van der Waals surface area contributed by atoms with E-state index in [-0.39, 0.29) is 35.6 Å². The molecule has 9 nitrogen and oxygen atoms in total. The fourth-order valence-electron chi connectivity index (χ4n) is 3.73. The lowest BCUT2D eigenvalue weighted by molar-refractivity contribution is -0.139. The van der Waals surface area contributed by atoms with Crippen molar-refractivity contribution in [2.75, 3.05) is 19.0 Å². The molecule has 210 valence electrons. The van der Waals surface area contributed by atoms with Crippen molar-refractivity contribution in [1.29, 1.82) is 0 Å². The summed E-state index contributed by atoms with van der Waals surface area (Å²) in [6, 6.07) is 16.6. The molecule has 40 heavy (non-hydrogen) atoms. The Labute approximate surface area is 238 Å². The first-order valence-corrected chi connectivity index (χ1v) is 13.0. The number of amides is 3. The number of hydrogen-bond acceptors (Lipinski definition) is 6. The van der Waals surface area contributed by atoms with Gasteiger partial charge in [0.1, 0.15) is 0 Å². The van der Waals surface area contributed by atoms with Crippen LogP contribution in [0.2, 0.25) is 5.02 Å². The van der Waals surface area contributed by atoms with Crippen LogP contribution in [0, 0.1) is 13.8 Å². The van der Waals surface area contributed by atoms with Crippen molar-refractivity contribution in [1.82, 2.24) is 10.7 Å². The summed E-state index contributed by atoms with van der Waals surface area (Å²) in [4.78, 5) is 36.6. The summed E-state index contributed by atoms with van der Waals surface area (Å²) in [5, 5.41) is 9.37. The molecule has 0 fully saturated rings. The Balaban J connectivity index is 1.53. The van der Waals surface area contributed by atoms with Crippen LogP contribution in [0.5, 0.6) is 11.5 Å². The van der Waals surface area contributed by atoms with E-state index in [1.165, 1.54) is 25.0 Å². The van der Waals surface area contributed by atoms with Crippen molar-refractivity contribution >= 4 is 41.2 Å². The third-order valence-electron chi connectivity index (χ3n) is 5.94. The van der Waals surface area contributed by atoms with E-state index >= 15 is 0 Å². The van der Waals surface area contributed by atoms with Crippen molar-refractivity contribution in [3.05, 3.63) is 87.4 Å². The molecular formula is C30H33ClN4O5. The maximum absolute atomic E-state index is 12.4. The van der Waals surface area contributed by atoms with Crippen molar-refractivity contribution in [2.24, 2.45) is 5.10 Å². The number of benzene rings is 3. The molecule has 10 heteroatoms. The maximum Gasteiger partial charge on any atom is 0.329 e. The summed E-state index contributed by atoms with van der Waals surface area (Å²) in [7, 11) is 1.43. The van der Waals surface area contributed by atoms with E-state index in [0.717, 1.165) is 16.7 Å². The Morgan fingerprint density at radius 1 is 1.00 bits per heavy atom. The van der Waals surface area contributed by atoms with Gasteiger partial charge >= 0.3 is 11.8 Å². The van der Waals surface area contributed by atoms with E-state index in [2.05, 4.69) is 35.0 Å². The molecular weight excluding hydrogens is 532 g/mol. The number of rotatable bonds is 10. The first-order valence-electron chi connectivity index (χ1n) is 12.6. The number of nitrogens with one attached hydrogen (secondary N) is 3. The quantitative estimate of drug-likeness (QED) is 0.184. The van der Waals surface area contributed by atoms with Gasteiger partial charge in [-0.1, -0.05) is 67.4 Å². The second kappa shape index (κ2) is 14.1. The second-order valence-electron chi connectivity index (χ2n) is 9.47. The molecule has 0 spiro atoms. The zero-order valence-corrected chi connectivity index (χ0v) is 23.9. The van der Waals surface area contributed by atoms with Gasteiger partial charge in [-0.2, -0.15) is 5.10 Å². The molecule has 0 bridgehead atoms. The average Bonchev–Trinajstić information content (AvgIpc) is 2.92. The number of hydrazone groups is 1. The lowest BCUT2D eigenvalue weighted by atomic mass is 10.0. The minimum Gasteiger partial charge on any atom is -0.493 e. The lowest BCUT2D eigenvalue weighted by Crippen LogP contribution is -2.37. The zero-order valence-electron chi connectivity index (χ0n) is 23.1. The van der Waals surface area contributed by atoms with Gasteiger partial charge in [0.25, 0.3) is 5.91 Å². The van der Waals surface area contributed by atoms with Gasteiger partial charge in [-0.25, -0.2) is 5.43 Å². The van der Waals surface area contributed by atoms with Gasteiger partial charge in [0, 0.05) is 12.2 Å². The van der Waals surface area contributed by atoms with Gasteiger partial charge in [0.05, 0.1) is 18.3 Å². The lowest BCUT2D eigenvalue weighted by Gasteiger charge is -2.14. The van der Waals surface area contributed by atoms with Crippen LogP contribution in [0.1, 0.15) is 47.6 Å². The Bertz CT molecular complexity index is 1400. The number of carbonyl (C=O) groups is 3. The standard InChI is InChI=1S/C30H33ClN4O5/c1-18(2)23-9-7-21(8-10-23)15-32-29(37)30(38)35-33-16-22-13-24(31)28(26(14-22)39-5)40-17-27(36)34-25-11-6-19(3)12-20(25)4/h6-14,16,18H,15,17H2,1-5H3,(H,32,37)(H,34,36)(H,35,38)/b33-16-. The Morgan fingerprint density at radius 3 is 2.38 bits per heavy atom. The predicted octanol–water partition coefficient (Wildman–Crippen LogP) is 4.87.